The van der Waals surface area contributed by atoms with Crippen molar-refractivity contribution in [1.29, 1.82) is 0 Å². The van der Waals surface area contributed by atoms with Gasteiger partial charge in [-0.25, -0.2) is 0 Å². The number of nitrogens with zero attached hydrogens (tertiary/aromatic N) is 6. The third-order valence-electron chi connectivity index (χ3n) is 12.1. The van der Waals surface area contributed by atoms with Gasteiger partial charge in [-0.05, 0) is 134 Å². The van der Waals surface area contributed by atoms with E-state index < -0.39 is 0 Å². The SMILES string of the molecule is CC(=O)N(CC1=NCCN1)c1ccc2c(c1)CCC2.CCC(=O)N(CC1=NCCN1)c1ccc2c(c1)CCC2.CCCC(=O)N(CC1=NCCN1)c1ccc2c(c1)CCC2. The second kappa shape index (κ2) is 20.6. The number of hydrogen-bond donors (Lipinski definition) is 3. The summed E-state index contributed by atoms with van der Waals surface area (Å²) in [6.45, 7) is 12.3. The number of aliphatic imine (C=N–C) groups is 3. The number of anilines is 3. The van der Waals surface area contributed by atoms with Crippen LogP contribution in [0.15, 0.2) is 69.6 Å². The van der Waals surface area contributed by atoms with Crippen LogP contribution in [0.5, 0.6) is 0 Å². The van der Waals surface area contributed by atoms with Gasteiger partial charge in [-0.1, -0.05) is 32.0 Å². The highest BCUT2D eigenvalue weighted by atomic mass is 16.2. The largest absolute Gasteiger partial charge is 0.370 e. The number of benzene rings is 3. The number of amidine groups is 3. The molecule has 0 atom stereocenters. The number of rotatable bonds is 12. The quantitative estimate of drug-likeness (QED) is 0.213. The van der Waals surface area contributed by atoms with Crippen molar-refractivity contribution in [3.63, 3.8) is 0 Å². The summed E-state index contributed by atoms with van der Waals surface area (Å²) in [7, 11) is 0. The summed E-state index contributed by atoms with van der Waals surface area (Å²) in [4.78, 5) is 55.3. The first-order valence-corrected chi connectivity index (χ1v) is 22.4. The molecule has 318 valence electrons. The molecule has 3 aliphatic carbocycles. The lowest BCUT2D eigenvalue weighted by atomic mass is 10.1. The van der Waals surface area contributed by atoms with E-state index in [4.69, 9.17) is 0 Å². The molecule has 60 heavy (non-hydrogen) atoms. The number of fused-ring (bicyclic) bond motifs is 3. The van der Waals surface area contributed by atoms with E-state index in [0.717, 1.165) is 99.5 Å². The van der Waals surface area contributed by atoms with Crippen molar-refractivity contribution in [2.75, 3.05) is 73.6 Å². The maximum Gasteiger partial charge on any atom is 0.227 e. The van der Waals surface area contributed by atoms with Crippen molar-refractivity contribution >= 4 is 52.3 Å². The first-order chi connectivity index (χ1) is 29.3. The van der Waals surface area contributed by atoms with Gasteiger partial charge in [0.1, 0.15) is 17.5 Å². The number of carbonyl (C=O) groups excluding carboxylic acids is 3. The van der Waals surface area contributed by atoms with E-state index >= 15 is 0 Å². The molecule has 3 heterocycles. The van der Waals surface area contributed by atoms with Crippen LogP contribution in [0.3, 0.4) is 0 Å². The summed E-state index contributed by atoms with van der Waals surface area (Å²) in [5.74, 6) is 3.17. The molecule has 3 aliphatic heterocycles. The van der Waals surface area contributed by atoms with Crippen LogP contribution in [0.2, 0.25) is 0 Å². The van der Waals surface area contributed by atoms with Crippen LogP contribution >= 0.6 is 0 Å². The Bertz CT molecular complexity index is 2130. The van der Waals surface area contributed by atoms with Crippen molar-refractivity contribution in [1.82, 2.24) is 16.0 Å². The number of carbonyl (C=O) groups is 3. The van der Waals surface area contributed by atoms with E-state index in [1.165, 1.54) is 71.9 Å². The molecule has 0 radical (unpaired) electrons. The summed E-state index contributed by atoms with van der Waals surface area (Å²) in [5.41, 5.74) is 11.5. The molecule has 6 aliphatic rings. The maximum atomic E-state index is 12.5. The van der Waals surface area contributed by atoms with Gasteiger partial charge in [0, 0.05) is 56.5 Å². The van der Waals surface area contributed by atoms with Gasteiger partial charge in [-0.2, -0.15) is 0 Å². The van der Waals surface area contributed by atoms with E-state index in [0.29, 0.717) is 32.5 Å². The average molecular weight is 814 g/mol. The first kappa shape index (κ1) is 42.6. The molecule has 3 amide bonds. The molecule has 0 fully saturated rings. The van der Waals surface area contributed by atoms with Gasteiger partial charge >= 0.3 is 0 Å². The van der Waals surface area contributed by atoms with Crippen molar-refractivity contribution < 1.29 is 14.4 Å². The molecule has 0 unspecified atom stereocenters. The Balaban J connectivity index is 0.000000136. The predicted octanol–water partition coefficient (Wildman–Crippen LogP) is 5.76. The van der Waals surface area contributed by atoms with Gasteiger partial charge in [-0.15, -0.1) is 0 Å². The van der Waals surface area contributed by atoms with Crippen LogP contribution in [0.4, 0.5) is 17.1 Å². The van der Waals surface area contributed by atoms with Crippen LogP contribution in [0, 0.1) is 0 Å². The summed E-state index contributed by atoms with van der Waals surface area (Å²) in [6, 6.07) is 19.3. The van der Waals surface area contributed by atoms with Gasteiger partial charge in [0.15, 0.2) is 0 Å². The summed E-state index contributed by atoms with van der Waals surface area (Å²) >= 11 is 0. The van der Waals surface area contributed by atoms with Crippen LogP contribution < -0.4 is 30.7 Å². The lowest BCUT2D eigenvalue weighted by Crippen LogP contribution is -2.39. The minimum Gasteiger partial charge on any atom is -0.370 e. The maximum absolute atomic E-state index is 12.5. The molecular formula is C48H63N9O3. The topological polar surface area (TPSA) is 134 Å². The monoisotopic (exact) mass is 814 g/mol. The predicted molar refractivity (Wildman–Crippen MR) is 244 cm³/mol. The Labute approximate surface area is 356 Å². The molecular weight excluding hydrogens is 751 g/mol. The molecule has 3 aromatic rings. The molecule has 0 aromatic heterocycles. The van der Waals surface area contributed by atoms with Gasteiger partial charge in [-0.3, -0.25) is 29.4 Å². The summed E-state index contributed by atoms with van der Waals surface area (Å²) in [6.07, 6.45) is 12.6. The Kier molecular flexibility index (Phi) is 14.7. The minimum absolute atomic E-state index is 0.0642. The van der Waals surface area contributed by atoms with Crippen LogP contribution in [-0.2, 0) is 52.9 Å². The van der Waals surface area contributed by atoms with Crippen LogP contribution in [-0.4, -0.2) is 94.1 Å². The minimum atomic E-state index is 0.0642. The van der Waals surface area contributed by atoms with E-state index in [2.05, 4.69) is 85.5 Å². The highest BCUT2D eigenvalue weighted by Gasteiger charge is 2.23. The molecule has 12 heteroatoms. The summed E-state index contributed by atoms with van der Waals surface area (Å²) in [5, 5.41) is 9.73. The Morgan fingerprint density at radius 3 is 1.23 bits per heavy atom. The smallest absolute Gasteiger partial charge is 0.227 e. The molecule has 9 rings (SSSR count). The van der Waals surface area contributed by atoms with Crippen molar-refractivity contribution in [2.24, 2.45) is 15.0 Å². The zero-order valence-corrected chi connectivity index (χ0v) is 36.0. The third-order valence-corrected chi connectivity index (χ3v) is 12.1. The van der Waals surface area contributed by atoms with Crippen LogP contribution in [0.1, 0.15) is 92.7 Å². The molecule has 0 saturated heterocycles. The number of aryl methyl sites for hydroxylation is 6. The molecule has 0 spiro atoms. The van der Waals surface area contributed by atoms with Gasteiger partial charge in [0.05, 0.1) is 39.3 Å². The normalized spacial score (nSPS) is 16.6. The molecule has 12 nitrogen and oxygen atoms in total. The highest BCUT2D eigenvalue weighted by Crippen LogP contribution is 2.30. The number of hydrogen-bond acceptors (Lipinski definition) is 9. The second-order valence-electron chi connectivity index (χ2n) is 16.4. The van der Waals surface area contributed by atoms with Crippen LogP contribution in [0.25, 0.3) is 0 Å². The summed E-state index contributed by atoms with van der Waals surface area (Å²) < 4.78 is 0. The second-order valence-corrected chi connectivity index (χ2v) is 16.4. The fourth-order valence-corrected chi connectivity index (χ4v) is 8.86. The number of nitrogens with one attached hydrogen (secondary N) is 3. The average Bonchev–Trinajstić information content (AvgIpc) is 4.12. The standard InChI is InChI=1S/C17H23N3O.C16H21N3O.C15H19N3O/c1-2-4-17(21)20(12-16-18-9-10-19-16)15-8-7-13-5-3-6-14(13)11-15;1-2-16(20)19(11-15-17-8-9-18-15)14-7-6-12-4-3-5-13(12)10-14;1-11(19)18(10-15-16-7-8-17-15)14-6-5-12-3-2-4-13(12)9-14/h7-8,11H,2-6,9-10,12H2,1H3,(H,18,19);6-7,10H,2-5,8-9,11H2,1H3,(H,17,18);5-6,9H,2-4,7-8,10H2,1H3,(H,16,17). The molecule has 0 saturated carbocycles. The van der Waals surface area contributed by atoms with E-state index in [-0.39, 0.29) is 17.7 Å². The Hall–Kier alpha value is -5.52. The van der Waals surface area contributed by atoms with Gasteiger partial charge in [0.2, 0.25) is 17.7 Å². The van der Waals surface area contributed by atoms with Crippen molar-refractivity contribution in [2.45, 2.75) is 97.8 Å². The Morgan fingerprint density at radius 1 is 0.517 bits per heavy atom. The van der Waals surface area contributed by atoms with E-state index in [1.54, 1.807) is 11.8 Å². The van der Waals surface area contributed by atoms with Crippen molar-refractivity contribution in [3.8, 4) is 0 Å². The van der Waals surface area contributed by atoms with Crippen molar-refractivity contribution in [3.05, 3.63) is 88.0 Å². The molecule has 0 bridgehead atoms. The molecule has 3 N–H and O–H groups in total. The lowest BCUT2D eigenvalue weighted by Gasteiger charge is -2.23. The first-order valence-electron chi connectivity index (χ1n) is 22.4. The van der Waals surface area contributed by atoms with Gasteiger partial charge < -0.3 is 30.7 Å². The highest BCUT2D eigenvalue weighted by molar-refractivity contribution is 6.02. The lowest BCUT2D eigenvalue weighted by molar-refractivity contribution is -0.119. The fourth-order valence-electron chi connectivity index (χ4n) is 8.86. The zero-order chi connectivity index (χ0) is 41.8. The molecule has 3 aromatic carbocycles. The van der Waals surface area contributed by atoms with E-state index in [9.17, 15) is 14.4 Å². The zero-order valence-electron chi connectivity index (χ0n) is 36.0. The fraction of sp³-hybridized carbons (Fsp3) is 0.500. The van der Waals surface area contributed by atoms with E-state index in [1.807, 2.05) is 23.6 Å². The Morgan fingerprint density at radius 2 is 0.883 bits per heavy atom. The number of amides is 3. The van der Waals surface area contributed by atoms with Gasteiger partial charge in [0.25, 0.3) is 0 Å². The third kappa shape index (κ3) is 10.8.